The highest BCUT2D eigenvalue weighted by atomic mass is 16.4. The fourth-order valence-electron chi connectivity index (χ4n) is 2.46. The molecule has 4 amide bonds. The lowest BCUT2D eigenvalue weighted by Gasteiger charge is -2.24. The molecule has 0 aliphatic heterocycles. The highest BCUT2D eigenvalue weighted by molar-refractivity contribution is 5.94. The Labute approximate surface area is 179 Å². The minimum Gasteiger partial charge on any atom is -0.481 e. The molecule has 0 spiro atoms. The van der Waals surface area contributed by atoms with Gasteiger partial charge in [0, 0.05) is 6.42 Å². The van der Waals surface area contributed by atoms with E-state index in [0.29, 0.717) is 0 Å². The van der Waals surface area contributed by atoms with Crippen LogP contribution in [0.4, 0.5) is 0 Å². The van der Waals surface area contributed by atoms with E-state index in [0.717, 1.165) is 0 Å². The lowest BCUT2D eigenvalue weighted by Crippen LogP contribution is -2.56. The predicted octanol–water partition coefficient (Wildman–Crippen LogP) is -2.34. The third-order valence-corrected chi connectivity index (χ3v) is 4.12. The molecular formula is C18H31N5O8. The Morgan fingerprint density at radius 2 is 1.39 bits per heavy atom. The molecule has 13 nitrogen and oxygen atoms in total. The first-order valence-electron chi connectivity index (χ1n) is 9.64. The first-order chi connectivity index (χ1) is 14.2. The summed E-state index contributed by atoms with van der Waals surface area (Å²) in [7, 11) is 0. The van der Waals surface area contributed by atoms with Gasteiger partial charge in [0.05, 0.1) is 12.5 Å². The van der Waals surface area contributed by atoms with Gasteiger partial charge in [-0.25, -0.2) is 4.79 Å². The minimum atomic E-state index is -1.67. The van der Waals surface area contributed by atoms with Crippen molar-refractivity contribution < 1.29 is 39.0 Å². The van der Waals surface area contributed by atoms with Crippen molar-refractivity contribution in [2.75, 3.05) is 0 Å². The molecule has 0 bridgehead atoms. The average molecular weight is 445 g/mol. The van der Waals surface area contributed by atoms with Crippen molar-refractivity contribution in [2.24, 2.45) is 17.4 Å². The summed E-state index contributed by atoms with van der Waals surface area (Å²) in [4.78, 5) is 69.7. The Hall–Kier alpha value is -3.22. The van der Waals surface area contributed by atoms with Gasteiger partial charge in [-0.15, -0.1) is 0 Å². The monoisotopic (exact) mass is 445 g/mol. The average Bonchev–Trinajstić information content (AvgIpc) is 2.63. The van der Waals surface area contributed by atoms with Crippen LogP contribution in [0.2, 0.25) is 0 Å². The number of nitrogens with two attached hydrogens (primary N) is 2. The van der Waals surface area contributed by atoms with Crippen molar-refractivity contribution in [1.29, 1.82) is 0 Å². The molecule has 0 saturated heterocycles. The molecule has 0 aromatic rings. The molecule has 176 valence electrons. The quantitative estimate of drug-likeness (QED) is 0.151. The number of amides is 4. The molecule has 13 heteroatoms. The number of nitrogens with one attached hydrogen (secondary N) is 3. The summed E-state index contributed by atoms with van der Waals surface area (Å²) in [5.74, 6) is -5.95. The molecule has 9 N–H and O–H groups in total. The van der Waals surface area contributed by atoms with Gasteiger partial charge in [0.2, 0.25) is 23.6 Å². The second-order valence-corrected chi connectivity index (χ2v) is 7.53. The molecule has 0 aliphatic carbocycles. The molecule has 4 unspecified atom stereocenters. The molecule has 0 aromatic heterocycles. The molecule has 0 radical (unpaired) electrons. The highest BCUT2D eigenvalue weighted by Gasteiger charge is 2.30. The third-order valence-electron chi connectivity index (χ3n) is 4.12. The fourth-order valence-corrected chi connectivity index (χ4v) is 2.46. The number of carbonyl (C=O) groups excluding carboxylic acids is 4. The zero-order valence-corrected chi connectivity index (χ0v) is 17.7. The number of rotatable bonds is 14. The van der Waals surface area contributed by atoms with Gasteiger partial charge in [0.1, 0.15) is 18.1 Å². The first-order valence-corrected chi connectivity index (χ1v) is 9.64. The maximum absolute atomic E-state index is 12.5. The summed E-state index contributed by atoms with van der Waals surface area (Å²) >= 11 is 0. The molecule has 31 heavy (non-hydrogen) atoms. The summed E-state index contributed by atoms with van der Waals surface area (Å²) in [6, 6.07) is -4.99. The van der Waals surface area contributed by atoms with E-state index in [1.165, 1.54) is 6.92 Å². The van der Waals surface area contributed by atoms with Crippen molar-refractivity contribution >= 4 is 35.6 Å². The van der Waals surface area contributed by atoms with Crippen LogP contribution in [0.15, 0.2) is 0 Å². The van der Waals surface area contributed by atoms with E-state index >= 15 is 0 Å². The summed E-state index contributed by atoms with van der Waals surface area (Å²) in [6.45, 7) is 4.88. The Morgan fingerprint density at radius 1 is 0.839 bits per heavy atom. The van der Waals surface area contributed by atoms with E-state index in [-0.39, 0.29) is 25.2 Å². The van der Waals surface area contributed by atoms with E-state index in [9.17, 15) is 28.8 Å². The molecule has 0 saturated carbocycles. The van der Waals surface area contributed by atoms with Crippen molar-refractivity contribution in [3.63, 3.8) is 0 Å². The molecule has 0 fully saturated rings. The Balaban J connectivity index is 5.08. The zero-order valence-electron chi connectivity index (χ0n) is 17.7. The summed E-state index contributed by atoms with van der Waals surface area (Å²) in [6.07, 6.45) is -0.810. The van der Waals surface area contributed by atoms with Gasteiger partial charge in [0.25, 0.3) is 0 Å². The largest absolute Gasteiger partial charge is 0.481 e. The highest BCUT2D eigenvalue weighted by Crippen LogP contribution is 2.07. The number of carbonyl (C=O) groups is 6. The number of carboxylic acid groups (broad SMARTS) is 2. The SMILES string of the molecule is CC(C)CC(NC(=O)C(C)NC(=O)C(N)CCC(N)=O)C(=O)NC(CC(=O)O)C(=O)O. The van der Waals surface area contributed by atoms with Crippen LogP contribution >= 0.6 is 0 Å². The van der Waals surface area contributed by atoms with E-state index in [1.54, 1.807) is 13.8 Å². The molecule has 0 aliphatic rings. The number of aliphatic carboxylic acids is 2. The molecule has 0 heterocycles. The van der Waals surface area contributed by atoms with E-state index in [2.05, 4.69) is 16.0 Å². The summed E-state index contributed by atoms with van der Waals surface area (Å²) in [5.41, 5.74) is 10.6. The van der Waals surface area contributed by atoms with Crippen molar-refractivity contribution in [3.8, 4) is 0 Å². The Kier molecular flexibility index (Phi) is 11.8. The lowest BCUT2D eigenvalue weighted by molar-refractivity contribution is -0.147. The van der Waals surface area contributed by atoms with Crippen molar-refractivity contribution in [3.05, 3.63) is 0 Å². The van der Waals surface area contributed by atoms with Gasteiger partial charge in [-0.05, 0) is 25.7 Å². The predicted molar refractivity (Wildman–Crippen MR) is 107 cm³/mol. The van der Waals surface area contributed by atoms with Crippen molar-refractivity contribution in [2.45, 2.75) is 70.6 Å². The maximum atomic E-state index is 12.5. The second-order valence-electron chi connectivity index (χ2n) is 7.53. The van der Waals surface area contributed by atoms with Crippen LogP contribution in [0.3, 0.4) is 0 Å². The van der Waals surface area contributed by atoms with E-state index in [1.807, 2.05) is 0 Å². The van der Waals surface area contributed by atoms with Crippen LogP contribution in [0.1, 0.15) is 46.5 Å². The van der Waals surface area contributed by atoms with Crippen LogP contribution in [-0.4, -0.2) is 69.9 Å². The van der Waals surface area contributed by atoms with Crippen LogP contribution in [0, 0.1) is 5.92 Å². The number of hydrogen-bond acceptors (Lipinski definition) is 7. The molecule has 0 rings (SSSR count). The fraction of sp³-hybridized carbons (Fsp3) is 0.667. The van der Waals surface area contributed by atoms with Gasteiger partial charge >= 0.3 is 11.9 Å². The molecule has 4 atom stereocenters. The molecule has 0 aromatic carbocycles. The van der Waals surface area contributed by atoms with Gasteiger partial charge in [-0.3, -0.25) is 24.0 Å². The second kappa shape index (κ2) is 13.2. The van der Waals surface area contributed by atoms with Gasteiger partial charge in [-0.1, -0.05) is 13.8 Å². The van der Waals surface area contributed by atoms with Gasteiger partial charge in [-0.2, -0.15) is 0 Å². The Bertz CT molecular complexity index is 696. The molecular weight excluding hydrogens is 414 g/mol. The van der Waals surface area contributed by atoms with Gasteiger partial charge < -0.3 is 37.6 Å². The maximum Gasteiger partial charge on any atom is 0.326 e. The summed E-state index contributed by atoms with van der Waals surface area (Å²) in [5, 5.41) is 24.7. The number of hydrogen-bond donors (Lipinski definition) is 7. The minimum absolute atomic E-state index is 0.00591. The topological polar surface area (TPSA) is 231 Å². The van der Waals surface area contributed by atoms with Crippen LogP contribution in [0.5, 0.6) is 0 Å². The van der Waals surface area contributed by atoms with Crippen LogP contribution in [0.25, 0.3) is 0 Å². The van der Waals surface area contributed by atoms with Crippen LogP contribution < -0.4 is 27.4 Å². The van der Waals surface area contributed by atoms with Crippen molar-refractivity contribution in [1.82, 2.24) is 16.0 Å². The van der Waals surface area contributed by atoms with Gasteiger partial charge in [0.15, 0.2) is 0 Å². The third kappa shape index (κ3) is 11.5. The van der Waals surface area contributed by atoms with Crippen LogP contribution in [-0.2, 0) is 28.8 Å². The standard InChI is InChI=1S/C18H31N5O8/c1-8(2)6-11(17(29)23-12(18(30)31)7-14(25)26)22-15(27)9(3)21-16(28)10(19)4-5-13(20)24/h8-12H,4-7,19H2,1-3H3,(H2,20,24)(H,21,28)(H,22,27)(H,23,29)(H,25,26)(H,30,31). The summed E-state index contributed by atoms with van der Waals surface area (Å²) < 4.78 is 0. The van der Waals surface area contributed by atoms with E-state index < -0.39 is 66.2 Å². The Morgan fingerprint density at radius 3 is 1.84 bits per heavy atom. The number of carboxylic acids is 2. The first kappa shape index (κ1) is 27.8. The normalized spacial score (nSPS) is 14.6. The zero-order chi connectivity index (χ0) is 24.3. The lowest BCUT2D eigenvalue weighted by atomic mass is 10.0. The number of primary amides is 1. The van der Waals surface area contributed by atoms with E-state index in [4.69, 9.17) is 21.7 Å². The smallest absolute Gasteiger partial charge is 0.326 e.